The van der Waals surface area contributed by atoms with Crippen LogP contribution in [0, 0.1) is 6.92 Å². The van der Waals surface area contributed by atoms with Crippen LogP contribution >= 0.6 is 11.3 Å². The summed E-state index contributed by atoms with van der Waals surface area (Å²) in [5.41, 5.74) is 4.50. The third kappa shape index (κ3) is 5.21. The lowest BCUT2D eigenvalue weighted by Crippen LogP contribution is -2.47. The Kier molecular flexibility index (Phi) is 6.91. The van der Waals surface area contributed by atoms with Crippen LogP contribution in [-0.4, -0.2) is 27.8 Å². The van der Waals surface area contributed by atoms with Gasteiger partial charge in [-0.25, -0.2) is 4.98 Å². The predicted octanol–water partition coefficient (Wildman–Crippen LogP) is 5.43. The van der Waals surface area contributed by atoms with E-state index in [0.29, 0.717) is 11.6 Å². The van der Waals surface area contributed by atoms with Crippen molar-refractivity contribution >= 4 is 39.2 Å². The van der Waals surface area contributed by atoms with Gasteiger partial charge in [0.1, 0.15) is 6.04 Å². The second-order valence-electron chi connectivity index (χ2n) is 8.66. The van der Waals surface area contributed by atoms with E-state index in [1.807, 2.05) is 103 Å². The van der Waals surface area contributed by atoms with Crippen LogP contribution < -0.4 is 10.6 Å². The quantitative estimate of drug-likeness (QED) is 0.269. The molecule has 0 bridgehead atoms. The summed E-state index contributed by atoms with van der Waals surface area (Å²) in [6.07, 6.45) is 2.23. The van der Waals surface area contributed by atoms with Gasteiger partial charge in [-0.15, -0.1) is 11.3 Å². The summed E-state index contributed by atoms with van der Waals surface area (Å²) in [7, 11) is 0. The molecule has 0 saturated carbocycles. The zero-order valence-corrected chi connectivity index (χ0v) is 20.6. The van der Waals surface area contributed by atoms with Crippen molar-refractivity contribution in [2.45, 2.75) is 25.3 Å². The fraction of sp³-hybridized carbons (Fsp3) is 0.138. The number of nitrogens with zero attached hydrogens (tertiary/aromatic N) is 1. The highest BCUT2D eigenvalue weighted by molar-refractivity contribution is 7.13. The molecule has 7 heteroatoms. The largest absolute Gasteiger partial charge is 0.361 e. The van der Waals surface area contributed by atoms with Crippen molar-refractivity contribution in [3.8, 4) is 0 Å². The predicted molar refractivity (Wildman–Crippen MR) is 144 cm³/mol. The molecule has 0 aliphatic carbocycles. The fourth-order valence-corrected chi connectivity index (χ4v) is 5.07. The van der Waals surface area contributed by atoms with Crippen LogP contribution in [-0.2, 0) is 16.0 Å². The van der Waals surface area contributed by atoms with Gasteiger partial charge in [0.15, 0.2) is 5.13 Å². The molecule has 180 valence electrons. The summed E-state index contributed by atoms with van der Waals surface area (Å²) in [6.45, 7) is 1.88. The van der Waals surface area contributed by atoms with Crippen molar-refractivity contribution in [2.24, 2.45) is 0 Å². The van der Waals surface area contributed by atoms with Crippen molar-refractivity contribution in [3.63, 3.8) is 0 Å². The summed E-state index contributed by atoms with van der Waals surface area (Å²) in [5, 5.41) is 9.36. The molecule has 0 saturated heterocycles. The summed E-state index contributed by atoms with van der Waals surface area (Å²) < 4.78 is 0. The maximum atomic E-state index is 13.8. The zero-order valence-electron chi connectivity index (χ0n) is 19.8. The number of aromatic amines is 1. The van der Waals surface area contributed by atoms with Crippen LogP contribution in [0.5, 0.6) is 0 Å². The van der Waals surface area contributed by atoms with Crippen LogP contribution in [0.3, 0.4) is 0 Å². The molecule has 2 amide bonds. The Balaban J connectivity index is 1.46. The number of aromatic nitrogens is 2. The number of benzene rings is 3. The van der Waals surface area contributed by atoms with E-state index >= 15 is 0 Å². The van der Waals surface area contributed by atoms with Gasteiger partial charge in [-0.05, 0) is 29.7 Å². The number of hydrogen-bond donors (Lipinski definition) is 3. The van der Waals surface area contributed by atoms with Crippen LogP contribution in [0.25, 0.3) is 10.9 Å². The average molecular weight is 495 g/mol. The number of rotatable bonds is 8. The molecule has 0 spiro atoms. The first-order valence-electron chi connectivity index (χ1n) is 11.8. The minimum atomic E-state index is -0.796. The minimum Gasteiger partial charge on any atom is -0.361 e. The molecule has 0 unspecified atom stereocenters. The van der Waals surface area contributed by atoms with Gasteiger partial charge in [-0.3, -0.25) is 9.59 Å². The van der Waals surface area contributed by atoms with Crippen LogP contribution in [0.4, 0.5) is 5.13 Å². The number of H-pyrrole nitrogens is 1. The molecule has 3 N–H and O–H groups in total. The van der Waals surface area contributed by atoms with Gasteiger partial charge in [0, 0.05) is 28.9 Å². The number of amides is 2. The maximum Gasteiger partial charge on any atom is 0.249 e. The van der Waals surface area contributed by atoms with Crippen molar-refractivity contribution in [1.82, 2.24) is 15.3 Å². The molecule has 0 aliphatic heterocycles. The molecule has 6 nitrogen and oxygen atoms in total. The first-order valence-corrected chi connectivity index (χ1v) is 12.6. The lowest BCUT2D eigenvalue weighted by atomic mass is 9.90. The van der Waals surface area contributed by atoms with Crippen LogP contribution in [0.15, 0.2) is 96.5 Å². The molecule has 0 radical (unpaired) electrons. The summed E-state index contributed by atoms with van der Waals surface area (Å²) in [6, 6.07) is 26.4. The standard InChI is InChI=1S/C29H26N4O2S/c1-19-18-36-29(31-19)33-27(34)25(16-22-17-30-24-15-9-8-14-23(22)24)32-28(35)26(20-10-4-2-5-11-20)21-12-6-3-7-13-21/h2-15,17-18,25-26,30H,16H2,1H3,(H,32,35)(H,31,33,34)/t25-/m0/s1. The number of carbonyl (C=O) groups is 2. The van der Waals surface area contributed by atoms with Gasteiger partial charge >= 0.3 is 0 Å². The van der Waals surface area contributed by atoms with E-state index in [1.54, 1.807) is 0 Å². The smallest absolute Gasteiger partial charge is 0.249 e. The Morgan fingerprint density at radius 3 is 2.17 bits per heavy atom. The number of carbonyl (C=O) groups excluding carboxylic acids is 2. The molecule has 2 heterocycles. The van der Waals surface area contributed by atoms with Crippen molar-refractivity contribution in [1.29, 1.82) is 0 Å². The molecular weight excluding hydrogens is 468 g/mol. The number of thiazole rings is 1. The number of para-hydroxylation sites is 1. The van der Waals surface area contributed by atoms with Gasteiger partial charge in [0.05, 0.1) is 11.6 Å². The summed E-state index contributed by atoms with van der Waals surface area (Å²) in [4.78, 5) is 34.9. The summed E-state index contributed by atoms with van der Waals surface area (Å²) >= 11 is 1.36. The van der Waals surface area contributed by atoms with E-state index in [0.717, 1.165) is 33.3 Å². The number of fused-ring (bicyclic) bond motifs is 1. The second-order valence-corrected chi connectivity index (χ2v) is 9.52. The van der Waals surface area contributed by atoms with Gasteiger partial charge in [0.25, 0.3) is 0 Å². The molecular formula is C29H26N4O2S. The van der Waals surface area contributed by atoms with Gasteiger partial charge in [-0.1, -0.05) is 78.9 Å². The Bertz CT molecular complexity index is 1440. The first kappa shape index (κ1) is 23.5. The number of anilines is 1. The molecule has 36 heavy (non-hydrogen) atoms. The van der Waals surface area contributed by atoms with Gasteiger partial charge in [-0.2, -0.15) is 0 Å². The molecule has 5 aromatic rings. The highest BCUT2D eigenvalue weighted by Crippen LogP contribution is 2.26. The van der Waals surface area contributed by atoms with E-state index in [1.165, 1.54) is 11.3 Å². The number of aryl methyl sites for hydroxylation is 1. The molecule has 2 aromatic heterocycles. The van der Waals surface area contributed by atoms with Crippen molar-refractivity contribution in [2.75, 3.05) is 5.32 Å². The zero-order chi connectivity index (χ0) is 24.9. The lowest BCUT2D eigenvalue weighted by Gasteiger charge is -2.23. The van der Waals surface area contributed by atoms with E-state index in [2.05, 4.69) is 20.6 Å². The van der Waals surface area contributed by atoms with E-state index < -0.39 is 12.0 Å². The number of nitrogens with one attached hydrogen (secondary N) is 3. The van der Waals surface area contributed by atoms with Crippen molar-refractivity contribution < 1.29 is 9.59 Å². The van der Waals surface area contributed by atoms with Gasteiger partial charge < -0.3 is 15.6 Å². The highest BCUT2D eigenvalue weighted by atomic mass is 32.1. The Morgan fingerprint density at radius 2 is 1.53 bits per heavy atom. The Hall–Kier alpha value is -4.23. The van der Waals surface area contributed by atoms with Gasteiger partial charge in [0.2, 0.25) is 11.8 Å². The Morgan fingerprint density at radius 1 is 0.889 bits per heavy atom. The minimum absolute atomic E-state index is 0.234. The molecule has 5 rings (SSSR count). The molecule has 3 aromatic carbocycles. The average Bonchev–Trinajstić information content (AvgIpc) is 3.50. The third-order valence-electron chi connectivity index (χ3n) is 6.11. The van der Waals surface area contributed by atoms with E-state index in [9.17, 15) is 9.59 Å². The SMILES string of the molecule is Cc1csc(NC(=O)[C@H](Cc2c[nH]c3ccccc23)NC(=O)C(c2ccccc2)c2ccccc2)n1. The molecule has 1 atom stereocenters. The normalized spacial score (nSPS) is 11.9. The third-order valence-corrected chi connectivity index (χ3v) is 6.98. The number of hydrogen-bond acceptors (Lipinski definition) is 4. The Labute approximate surface area is 213 Å². The highest BCUT2D eigenvalue weighted by Gasteiger charge is 2.29. The monoisotopic (exact) mass is 494 g/mol. The lowest BCUT2D eigenvalue weighted by molar-refractivity contribution is -0.126. The topological polar surface area (TPSA) is 86.9 Å². The second kappa shape index (κ2) is 10.6. The van der Waals surface area contributed by atoms with Crippen molar-refractivity contribution in [3.05, 3.63) is 119 Å². The van der Waals surface area contributed by atoms with E-state index in [-0.39, 0.29) is 11.8 Å². The summed E-state index contributed by atoms with van der Waals surface area (Å²) in [5.74, 6) is -1.08. The van der Waals surface area contributed by atoms with Crippen LogP contribution in [0.1, 0.15) is 28.3 Å². The maximum absolute atomic E-state index is 13.8. The molecule has 0 aliphatic rings. The van der Waals surface area contributed by atoms with Crippen LogP contribution in [0.2, 0.25) is 0 Å². The van der Waals surface area contributed by atoms with E-state index in [4.69, 9.17) is 0 Å². The molecule has 0 fully saturated rings. The first-order chi connectivity index (χ1) is 17.6. The fourth-order valence-electron chi connectivity index (χ4n) is 4.37.